The van der Waals surface area contributed by atoms with E-state index in [-0.39, 0.29) is 0 Å². The van der Waals surface area contributed by atoms with Gasteiger partial charge in [0.15, 0.2) is 0 Å². The first-order valence-electron chi connectivity index (χ1n) is 4.19. The van der Waals surface area contributed by atoms with Gasteiger partial charge in [-0.3, -0.25) is 4.72 Å². The van der Waals surface area contributed by atoms with Crippen molar-refractivity contribution >= 4 is 15.7 Å². The molecule has 14 heavy (non-hydrogen) atoms. The second-order valence-electron chi connectivity index (χ2n) is 3.06. The minimum atomic E-state index is -3.17. The maximum Gasteiger partial charge on any atom is 0.229 e. The average molecular weight is 211 g/mol. The van der Waals surface area contributed by atoms with Crippen molar-refractivity contribution in [1.29, 1.82) is 0 Å². The lowest BCUT2D eigenvalue weighted by molar-refractivity contribution is 0.607. The first kappa shape index (κ1) is 10.8. The molecule has 0 aliphatic carbocycles. The Bertz CT molecular complexity index is 406. The molecule has 4 heteroatoms. The Morgan fingerprint density at radius 2 is 1.93 bits per heavy atom. The predicted molar refractivity (Wildman–Crippen MR) is 58.8 cm³/mol. The molecule has 0 fully saturated rings. The number of benzene rings is 1. The summed E-state index contributed by atoms with van der Waals surface area (Å²) in [6.45, 7) is 3.63. The molecule has 0 unspecified atom stereocenters. The standard InChI is InChI=1S/C10H13NO2S/c1-3-4-9-5-7-10(8-6-9)11-14(2,12)13/h3,5-8,11H,1,4H2,2H3. The van der Waals surface area contributed by atoms with Gasteiger partial charge in [0, 0.05) is 5.69 Å². The molecule has 0 spiro atoms. The molecule has 0 aromatic heterocycles. The van der Waals surface area contributed by atoms with Gasteiger partial charge in [0.1, 0.15) is 0 Å². The number of rotatable bonds is 4. The van der Waals surface area contributed by atoms with Gasteiger partial charge < -0.3 is 0 Å². The summed E-state index contributed by atoms with van der Waals surface area (Å²) < 4.78 is 24.2. The molecule has 1 rings (SSSR count). The van der Waals surface area contributed by atoms with E-state index < -0.39 is 10.0 Å². The van der Waals surface area contributed by atoms with Crippen molar-refractivity contribution in [3.05, 3.63) is 42.5 Å². The maximum absolute atomic E-state index is 10.9. The third-order valence-electron chi connectivity index (χ3n) is 1.64. The molecule has 1 N–H and O–H groups in total. The van der Waals surface area contributed by atoms with E-state index in [1.54, 1.807) is 18.2 Å². The second kappa shape index (κ2) is 4.28. The lowest BCUT2D eigenvalue weighted by atomic mass is 10.1. The SMILES string of the molecule is C=CCc1ccc(NS(C)(=O)=O)cc1. The summed E-state index contributed by atoms with van der Waals surface area (Å²) in [7, 11) is -3.17. The predicted octanol–water partition coefficient (Wildman–Crippen LogP) is 1.79. The van der Waals surface area contributed by atoms with E-state index in [4.69, 9.17) is 0 Å². The van der Waals surface area contributed by atoms with Crippen LogP contribution in [0.25, 0.3) is 0 Å². The molecule has 0 aliphatic rings. The summed E-state index contributed by atoms with van der Waals surface area (Å²) in [5.74, 6) is 0. The van der Waals surface area contributed by atoms with E-state index >= 15 is 0 Å². The largest absolute Gasteiger partial charge is 0.284 e. The van der Waals surface area contributed by atoms with Gasteiger partial charge in [-0.1, -0.05) is 18.2 Å². The van der Waals surface area contributed by atoms with E-state index in [1.807, 2.05) is 12.1 Å². The monoisotopic (exact) mass is 211 g/mol. The topological polar surface area (TPSA) is 46.2 Å². The smallest absolute Gasteiger partial charge is 0.229 e. The van der Waals surface area contributed by atoms with E-state index in [0.717, 1.165) is 18.2 Å². The van der Waals surface area contributed by atoms with Crippen LogP contribution in [0.4, 0.5) is 5.69 Å². The molecular weight excluding hydrogens is 198 g/mol. The van der Waals surface area contributed by atoms with Crippen molar-refractivity contribution in [2.45, 2.75) is 6.42 Å². The molecule has 1 aromatic rings. The molecule has 3 nitrogen and oxygen atoms in total. The van der Waals surface area contributed by atoms with Gasteiger partial charge in [0.05, 0.1) is 6.26 Å². The number of hydrogen-bond acceptors (Lipinski definition) is 2. The quantitative estimate of drug-likeness (QED) is 0.772. The minimum absolute atomic E-state index is 0.584. The lowest BCUT2D eigenvalue weighted by Crippen LogP contribution is -2.09. The van der Waals surface area contributed by atoms with Gasteiger partial charge in [-0.25, -0.2) is 8.42 Å². The number of allylic oxidation sites excluding steroid dienone is 1. The number of hydrogen-bond donors (Lipinski definition) is 1. The zero-order valence-corrected chi connectivity index (χ0v) is 8.84. The van der Waals surface area contributed by atoms with Crippen LogP contribution in [0.1, 0.15) is 5.56 Å². The summed E-state index contributed by atoms with van der Waals surface area (Å²) >= 11 is 0. The van der Waals surface area contributed by atoms with Gasteiger partial charge in [-0.2, -0.15) is 0 Å². The van der Waals surface area contributed by atoms with Crippen molar-refractivity contribution in [3.63, 3.8) is 0 Å². The van der Waals surface area contributed by atoms with Crippen LogP contribution in [0, 0.1) is 0 Å². The highest BCUT2D eigenvalue weighted by Gasteiger charge is 2.00. The molecule has 0 heterocycles. The van der Waals surface area contributed by atoms with E-state index in [1.165, 1.54) is 0 Å². The normalized spacial score (nSPS) is 10.9. The molecule has 0 radical (unpaired) electrons. The second-order valence-corrected chi connectivity index (χ2v) is 4.81. The van der Waals surface area contributed by atoms with Crippen LogP contribution in [0.2, 0.25) is 0 Å². The Morgan fingerprint density at radius 1 is 1.36 bits per heavy atom. The summed E-state index contributed by atoms with van der Waals surface area (Å²) in [5, 5.41) is 0. The summed E-state index contributed by atoms with van der Waals surface area (Å²) in [6, 6.07) is 7.21. The van der Waals surface area contributed by atoms with Gasteiger partial charge in [-0.05, 0) is 24.1 Å². The van der Waals surface area contributed by atoms with Gasteiger partial charge >= 0.3 is 0 Å². The van der Waals surface area contributed by atoms with E-state index in [9.17, 15) is 8.42 Å². The molecule has 0 bridgehead atoms. The molecule has 0 aliphatic heterocycles. The van der Waals surface area contributed by atoms with Crippen LogP contribution in [0.15, 0.2) is 36.9 Å². The van der Waals surface area contributed by atoms with Crippen LogP contribution < -0.4 is 4.72 Å². The van der Waals surface area contributed by atoms with Crippen molar-refractivity contribution in [3.8, 4) is 0 Å². The molecular formula is C10H13NO2S. The highest BCUT2D eigenvalue weighted by Crippen LogP contribution is 2.11. The third kappa shape index (κ3) is 3.62. The van der Waals surface area contributed by atoms with E-state index in [0.29, 0.717) is 5.69 Å². The Kier molecular flexibility index (Phi) is 3.30. The van der Waals surface area contributed by atoms with Crippen LogP contribution in [0.3, 0.4) is 0 Å². The van der Waals surface area contributed by atoms with Gasteiger partial charge in [0.2, 0.25) is 10.0 Å². The molecule has 1 aromatic carbocycles. The molecule has 76 valence electrons. The zero-order chi connectivity index (χ0) is 10.6. The van der Waals surface area contributed by atoms with Crippen LogP contribution >= 0.6 is 0 Å². The van der Waals surface area contributed by atoms with Crippen LogP contribution in [0.5, 0.6) is 0 Å². The van der Waals surface area contributed by atoms with Crippen LogP contribution in [-0.2, 0) is 16.4 Å². The summed E-state index contributed by atoms with van der Waals surface area (Å²) in [5.41, 5.74) is 1.69. The van der Waals surface area contributed by atoms with Crippen molar-refractivity contribution < 1.29 is 8.42 Å². The number of nitrogens with one attached hydrogen (secondary N) is 1. The number of anilines is 1. The van der Waals surface area contributed by atoms with Crippen LogP contribution in [-0.4, -0.2) is 14.7 Å². The Morgan fingerprint density at radius 3 is 2.36 bits per heavy atom. The molecule has 0 saturated carbocycles. The molecule has 0 amide bonds. The van der Waals surface area contributed by atoms with Gasteiger partial charge in [-0.15, -0.1) is 6.58 Å². The molecule has 0 atom stereocenters. The maximum atomic E-state index is 10.9. The Hall–Kier alpha value is -1.29. The van der Waals surface area contributed by atoms with Crippen molar-refractivity contribution in [1.82, 2.24) is 0 Å². The first-order valence-corrected chi connectivity index (χ1v) is 6.08. The molecule has 0 saturated heterocycles. The number of sulfonamides is 1. The van der Waals surface area contributed by atoms with E-state index in [2.05, 4.69) is 11.3 Å². The fourth-order valence-electron chi connectivity index (χ4n) is 1.09. The van der Waals surface area contributed by atoms with Crippen molar-refractivity contribution in [2.24, 2.45) is 0 Å². The summed E-state index contributed by atoms with van der Waals surface area (Å²) in [4.78, 5) is 0. The lowest BCUT2D eigenvalue weighted by Gasteiger charge is -2.03. The summed E-state index contributed by atoms with van der Waals surface area (Å²) in [6.07, 6.45) is 3.73. The Labute approximate surface area is 84.5 Å². The Balaban J connectivity index is 2.78. The van der Waals surface area contributed by atoms with Gasteiger partial charge in [0.25, 0.3) is 0 Å². The highest BCUT2D eigenvalue weighted by molar-refractivity contribution is 7.92. The highest BCUT2D eigenvalue weighted by atomic mass is 32.2. The minimum Gasteiger partial charge on any atom is -0.284 e. The third-order valence-corrected chi connectivity index (χ3v) is 2.24. The fourth-order valence-corrected chi connectivity index (χ4v) is 1.65. The first-order chi connectivity index (χ1) is 6.51. The zero-order valence-electron chi connectivity index (χ0n) is 8.03. The van der Waals surface area contributed by atoms with Crippen molar-refractivity contribution in [2.75, 3.05) is 11.0 Å². The average Bonchev–Trinajstić information content (AvgIpc) is 2.06. The fraction of sp³-hybridized carbons (Fsp3) is 0.200.